The van der Waals surface area contributed by atoms with Crippen LogP contribution in [0.5, 0.6) is 0 Å². The molecule has 22 heteroatoms. The van der Waals surface area contributed by atoms with Gasteiger partial charge in [0.1, 0.15) is 23.9 Å². The normalized spacial score (nSPS) is 17.8. The summed E-state index contributed by atoms with van der Waals surface area (Å²) in [6, 6.07) is 8.11. The highest BCUT2D eigenvalue weighted by molar-refractivity contribution is 7.92. The van der Waals surface area contributed by atoms with Gasteiger partial charge in [-0.2, -0.15) is 32.1 Å². The number of sulfonamides is 1. The quantitative estimate of drug-likeness (QED) is 0.107. The predicted molar refractivity (Wildman–Crippen MR) is 210 cm³/mol. The molecule has 3 atom stereocenters. The van der Waals surface area contributed by atoms with E-state index in [1.165, 1.54) is 16.0 Å². The number of amides is 1. The number of aromatic nitrogens is 6. The van der Waals surface area contributed by atoms with Crippen LogP contribution in [0.4, 0.5) is 41.7 Å². The molecule has 13 nitrogen and oxygen atoms in total. The second-order valence-corrected chi connectivity index (χ2v) is 18.1. The van der Waals surface area contributed by atoms with Gasteiger partial charge in [-0.05, 0) is 69.1 Å². The monoisotopic (exact) mass is 878 g/mol. The van der Waals surface area contributed by atoms with E-state index in [-0.39, 0.29) is 42.0 Å². The van der Waals surface area contributed by atoms with Crippen LogP contribution in [0.25, 0.3) is 32.4 Å². The summed E-state index contributed by atoms with van der Waals surface area (Å²) in [6.45, 7) is 0.143. The number of carbonyl (C=O) groups excluding carboxylic acids is 1. The van der Waals surface area contributed by atoms with Gasteiger partial charge in [0.05, 0.1) is 28.2 Å². The lowest BCUT2D eigenvalue weighted by Gasteiger charge is -2.34. The molecule has 0 aliphatic heterocycles. The third kappa shape index (κ3) is 7.75. The summed E-state index contributed by atoms with van der Waals surface area (Å²) in [5, 5.41) is 14.7. The minimum absolute atomic E-state index is 0.0117. The Bertz CT molecular complexity index is 2760. The van der Waals surface area contributed by atoms with Crippen LogP contribution in [0, 0.1) is 17.6 Å². The molecule has 2 aromatic carbocycles. The zero-order valence-corrected chi connectivity index (χ0v) is 34.0. The molecular weight excluding hydrogens is 842 g/mol. The maximum atomic E-state index is 15.7. The van der Waals surface area contributed by atoms with Gasteiger partial charge in [0.25, 0.3) is 5.92 Å². The van der Waals surface area contributed by atoms with Gasteiger partial charge in [-0.1, -0.05) is 23.5 Å². The molecule has 4 heterocycles. The van der Waals surface area contributed by atoms with Crippen LogP contribution in [0.3, 0.4) is 0 Å². The molecular formula is C38H37F7N10O3S2. The zero-order valence-electron chi connectivity index (χ0n) is 32.3. The first-order valence-corrected chi connectivity index (χ1v) is 21.3. The van der Waals surface area contributed by atoms with Gasteiger partial charge in [0.15, 0.2) is 22.3 Å². The molecule has 1 fully saturated rings. The standard InChI is InChI=1S/C38H37F7N10O3S2/c1-53(2)11-10-46-36-49-35-27(59-36)16-24(21-6-5-7-23-31(21)54(3)51-34(23)52-60(4,57)58)30(48-35)26(14-18-12-19(39)15-20(40)13-18)47-28(56)17-55-33-29(32(50-55)38(43,44)45)22-8-9-25(22)37(33,41)42/h5-7,12-13,15-16,22,25-26H,8-11,14,17H2,1-4H3,(H,47,56)(H,51,52)(H,46,48,49)/t22-,25+,26-/m0/s1. The fourth-order valence-electron chi connectivity index (χ4n) is 8.14. The van der Waals surface area contributed by atoms with Crippen molar-refractivity contribution in [3.05, 3.63) is 82.3 Å². The third-order valence-electron chi connectivity index (χ3n) is 10.7. The van der Waals surface area contributed by atoms with Gasteiger partial charge < -0.3 is 15.5 Å². The predicted octanol–water partition coefficient (Wildman–Crippen LogP) is 6.78. The van der Waals surface area contributed by atoms with Crippen LogP contribution in [0.2, 0.25) is 0 Å². The highest BCUT2D eigenvalue weighted by atomic mass is 32.2. The van der Waals surface area contributed by atoms with Crippen LogP contribution < -0.4 is 15.4 Å². The number of benzene rings is 2. The number of aryl methyl sites for hydroxylation is 1. The average molecular weight is 879 g/mol. The van der Waals surface area contributed by atoms with Gasteiger partial charge in [-0.25, -0.2) is 27.2 Å². The maximum absolute atomic E-state index is 15.7. The Morgan fingerprint density at radius 3 is 2.43 bits per heavy atom. The van der Waals surface area contributed by atoms with Gasteiger partial charge in [-0.15, -0.1) is 0 Å². The fraction of sp³-hybridized carbons (Fsp3) is 0.395. The molecule has 2 aliphatic rings. The van der Waals surface area contributed by atoms with E-state index in [1.807, 2.05) is 19.0 Å². The zero-order chi connectivity index (χ0) is 43.1. The van der Waals surface area contributed by atoms with E-state index in [2.05, 4.69) is 30.5 Å². The number of nitrogens with zero attached hydrogens (tertiary/aromatic N) is 7. The largest absolute Gasteiger partial charge is 0.435 e. The van der Waals surface area contributed by atoms with Crippen molar-refractivity contribution >= 4 is 59.5 Å². The molecule has 0 saturated heterocycles. The minimum Gasteiger partial charge on any atom is -0.360 e. The molecule has 4 aromatic heterocycles. The number of nitrogens with one attached hydrogen (secondary N) is 3. The van der Waals surface area contributed by atoms with Crippen LogP contribution in [0.1, 0.15) is 53.0 Å². The van der Waals surface area contributed by atoms with E-state index >= 15 is 8.78 Å². The number of rotatable bonds is 13. The average Bonchev–Trinajstić information content (AvgIpc) is 3.81. The van der Waals surface area contributed by atoms with Crippen LogP contribution in [-0.4, -0.2) is 82.2 Å². The lowest BCUT2D eigenvalue weighted by molar-refractivity contribution is -0.144. The van der Waals surface area contributed by atoms with Crippen LogP contribution in [-0.2, 0) is 46.9 Å². The molecule has 8 rings (SSSR count). The maximum Gasteiger partial charge on any atom is 0.435 e. The summed E-state index contributed by atoms with van der Waals surface area (Å²) in [5.74, 6) is -8.96. The molecule has 6 aromatic rings. The molecule has 1 amide bonds. The number of likely N-dealkylation sites (N-methyl/N-ethyl adjacent to an activating group) is 1. The van der Waals surface area contributed by atoms with Gasteiger partial charge >= 0.3 is 6.18 Å². The molecule has 0 spiro atoms. The van der Waals surface area contributed by atoms with Gasteiger partial charge in [0, 0.05) is 54.2 Å². The van der Waals surface area contributed by atoms with Crippen LogP contribution in [0.15, 0.2) is 42.5 Å². The number of hydrogen-bond acceptors (Lipinski definition) is 10. The molecule has 0 bridgehead atoms. The smallest absolute Gasteiger partial charge is 0.360 e. The van der Waals surface area contributed by atoms with E-state index in [1.54, 1.807) is 31.3 Å². The minimum atomic E-state index is -5.07. The lowest BCUT2D eigenvalue weighted by Crippen LogP contribution is -2.36. The van der Waals surface area contributed by atoms with Crippen molar-refractivity contribution < 1.29 is 43.9 Å². The number of pyridine rings is 1. The van der Waals surface area contributed by atoms with E-state index in [4.69, 9.17) is 4.98 Å². The van der Waals surface area contributed by atoms with Crippen LogP contribution >= 0.6 is 11.3 Å². The third-order valence-corrected chi connectivity index (χ3v) is 12.2. The molecule has 3 N–H and O–H groups in total. The summed E-state index contributed by atoms with van der Waals surface area (Å²) in [4.78, 5) is 25.6. The number of halogens is 7. The van der Waals surface area contributed by atoms with Gasteiger partial charge in [0.2, 0.25) is 15.9 Å². The summed E-state index contributed by atoms with van der Waals surface area (Å²) >= 11 is 1.27. The fourth-order valence-corrected chi connectivity index (χ4v) is 9.52. The van der Waals surface area contributed by atoms with E-state index in [0.29, 0.717) is 55.7 Å². The number of alkyl halides is 5. The van der Waals surface area contributed by atoms with Crippen molar-refractivity contribution in [3.63, 3.8) is 0 Å². The molecule has 0 unspecified atom stereocenters. The van der Waals surface area contributed by atoms with Crippen molar-refractivity contribution in [1.82, 2.24) is 39.7 Å². The van der Waals surface area contributed by atoms with E-state index < -0.39 is 81.0 Å². The second kappa shape index (κ2) is 15.0. The molecule has 1 saturated carbocycles. The number of anilines is 2. The van der Waals surface area contributed by atoms with Crippen molar-refractivity contribution in [2.75, 3.05) is 43.5 Å². The number of fused-ring (bicyclic) bond motifs is 5. The number of para-hydroxylation sites is 1. The molecule has 318 valence electrons. The number of carbonyl (C=O) groups is 1. The number of hydrogen-bond donors (Lipinski definition) is 3. The Hall–Kier alpha value is -5.35. The summed E-state index contributed by atoms with van der Waals surface area (Å²) in [7, 11) is 1.61. The Morgan fingerprint density at radius 1 is 1.05 bits per heavy atom. The second-order valence-electron chi connectivity index (χ2n) is 15.3. The van der Waals surface area contributed by atoms with Crippen molar-refractivity contribution in [3.8, 4) is 11.1 Å². The molecule has 2 aliphatic carbocycles. The first-order chi connectivity index (χ1) is 28.2. The van der Waals surface area contributed by atoms with E-state index in [9.17, 15) is 35.2 Å². The topological polar surface area (TPSA) is 152 Å². The van der Waals surface area contributed by atoms with Crippen molar-refractivity contribution in [2.24, 2.45) is 13.0 Å². The summed E-state index contributed by atoms with van der Waals surface area (Å²) < 4.78 is 133. The Balaban J connectivity index is 1.27. The highest BCUT2D eigenvalue weighted by Gasteiger charge is 2.63. The Labute approximate surface area is 342 Å². The number of thiazole rings is 1. The summed E-state index contributed by atoms with van der Waals surface area (Å²) in [5.41, 5.74) is -1.49. The Morgan fingerprint density at radius 2 is 1.78 bits per heavy atom. The SMILES string of the molecule is CN(C)CCNc1nc2nc([C@H](Cc3cc(F)cc(F)c3)NC(=O)Cn3nc(C(F)(F)F)c4c3C(F)(F)[C@@H]3CC[C@H]43)c(-c3cccc4c(NS(C)(=O)=O)nn(C)c34)cc2s1. The van der Waals surface area contributed by atoms with Gasteiger partial charge in [-0.3, -0.25) is 18.9 Å². The lowest BCUT2D eigenvalue weighted by atomic mass is 9.73. The summed E-state index contributed by atoms with van der Waals surface area (Å²) in [6.07, 6.45) is -4.30. The Kier molecular flexibility index (Phi) is 10.3. The molecule has 60 heavy (non-hydrogen) atoms. The van der Waals surface area contributed by atoms with Crippen molar-refractivity contribution in [2.45, 2.75) is 49.9 Å². The molecule has 0 radical (unpaired) electrons. The highest BCUT2D eigenvalue weighted by Crippen LogP contribution is 2.64. The van der Waals surface area contributed by atoms with Crippen molar-refractivity contribution in [1.29, 1.82) is 0 Å². The first kappa shape index (κ1) is 41.4. The van der Waals surface area contributed by atoms with E-state index in [0.717, 1.165) is 18.4 Å². The first-order valence-electron chi connectivity index (χ1n) is 18.6.